The molecule has 1 saturated carbocycles. The number of hydrogen-bond donors (Lipinski definition) is 0. The van der Waals surface area contributed by atoms with Gasteiger partial charge in [0.25, 0.3) is 0 Å². The zero-order valence-electron chi connectivity index (χ0n) is 20.9. The SMILES string of the molecule is CCS(=O)(=O)N1CCC(C(OCCC2C[C@@H]2C2CCN(c3ncc(Cl)cn3)CC2)C(C)C)CC1. The summed E-state index contributed by atoms with van der Waals surface area (Å²) in [5, 5.41) is 0.580. The van der Waals surface area contributed by atoms with Gasteiger partial charge in [-0.15, -0.1) is 0 Å². The van der Waals surface area contributed by atoms with Crippen LogP contribution in [-0.4, -0.2) is 67.3 Å². The van der Waals surface area contributed by atoms with Crippen molar-refractivity contribution in [3.05, 3.63) is 17.4 Å². The lowest BCUT2D eigenvalue weighted by molar-refractivity contribution is -0.0333. The molecule has 9 heteroatoms. The molecule has 0 radical (unpaired) electrons. The second kappa shape index (κ2) is 11.4. The van der Waals surface area contributed by atoms with Crippen molar-refractivity contribution in [2.45, 2.75) is 65.4 Å². The number of hydrogen-bond acceptors (Lipinski definition) is 6. The number of halogens is 1. The third kappa shape index (κ3) is 6.42. The Kier molecular flexibility index (Phi) is 8.75. The molecule has 4 rings (SSSR count). The molecule has 1 aromatic rings. The summed E-state index contributed by atoms with van der Waals surface area (Å²) >= 11 is 5.91. The highest BCUT2D eigenvalue weighted by Crippen LogP contribution is 2.50. The molecule has 2 saturated heterocycles. The quantitative estimate of drug-likeness (QED) is 0.460. The second-order valence-electron chi connectivity index (χ2n) is 10.7. The van der Waals surface area contributed by atoms with Crippen molar-refractivity contribution in [3.63, 3.8) is 0 Å². The van der Waals surface area contributed by atoms with Gasteiger partial charge < -0.3 is 9.64 Å². The molecule has 0 spiro atoms. The largest absolute Gasteiger partial charge is 0.378 e. The fourth-order valence-corrected chi connectivity index (χ4v) is 7.30. The smallest absolute Gasteiger partial charge is 0.225 e. The van der Waals surface area contributed by atoms with E-state index in [0.29, 0.717) is 29.9 Å². The molecule has 7 nitrogen and oxygen atoms in total. The van der Waals surface area contributed by atoms with E-state index < -0.39 is 10.0 Å². The van der Waals surface area contributed by atoms with E-state index in [1.54, 1.807) is 23.6 Å². The average molecular weight is 513 g/mol. The van der Waals surface area contributed by atoms with E-state index in [0.717, 1.165) is 62.7 Å². The number of aromatic nitrogens is 2. The summed E-state index contributed by atoms with van der Waals surface area (Å²) in [6.07, 6.45) is 10.3. The van der Waals surface area contributed by atoms with E-state index in [1.807, 2.05) is 0 Å². The lowest BCUT2D eigenvalue weighted by Crippen LogP contribution is -2.43. The van der Waals surface area contributed by atoms with E-state index in [2.05, 4.69) is 28.7 Å². The first-order chi connectivity index (χ1) is 16.3. The maximum Gasteiger partial charge on any atom is 0.225 e. The van der Waals surface area contributed by atoms with Crippen LogP contribution >= 0.6 is 11.6 Å². The zero-order valence-corrected chi connectivity index (χ0v) is 22.5. The van der Waals surface area contributed by atoms with Crippen LogP contribution in [0.4, 0.5) is 5.95 Å². The molecular weight excluding hydrogens is 472 g/mol. The van der Waals surface area contributed by atoms with Crippen LogP contribution in [0.25, 0.3) is 0 Å². The molecule has 3 heterocycles. The molecule has 1 aliphatic carbocycles. The minimum absolute atomic E-state index is 0.193. The molecule has 0 aromatic carbocycles. The minimum atomic E-state index is -3.07. The van der Waals surface area contributed by atoms with Crippen molar-refractivity contribution in [1.29, 1.82) is 0 Å². The Bertz CT molecular complexity index is 882. The van der Waals surface area contributed by atoms with Crippen LogP contribution in [0.1, 0.15) is 59.3 Å². The number of piperidine rings is 2. The van der Waals surface area contributed by atoms with Gasteiger partial charge in [0.1, 0.15) is 0 Å². The lowest BCUT2D eigenvalue weighted by Gasteiger charge is -2.37. The Balaban J connectivity index is 1.17. The van der Waals surface area contributed by atoms with Gasteiger partial charge in [-0.2, -0.15) is 0 Å². The van der Waals surface area contributed by atoms with Crippen molar-refractivity contribution >= 4 is 27.6 Å². The van der Waals surface area contributed by atoms with Crippen LogP contribution in [0.15, 0.2) is 12.4 Å². The fraction of sp³-hybridized carbons (Fsp3) is 0.840. The predicted octanol–water partition coefficient (Wildman–Crippen LogP) is 4.48. The number of sulfonamides is 1. The van der Waals surface area contributed by atoms with Gasteiger partial charge >= 0.3 is 0 Å². The molecular formula is C25H41ClN4O3S. The molecule has 3 fully saturated rings. The van der Waals surface area contributed by atoms with Crippen LogP contribution in [0.5, 0.6) is 0 Å². The van der Waals surface area contributed by atoms with Gasteiger partial charge in [-0.25, -0.2) is 22.7 Å². The third-order valence-electron chi connectivity index (χ3n) is 8.19. The highest BCUT2D eigenvalue weighted by atomic mass is 35.5. The van der Waals surface area contributed by atoms with Gasteiger partial charge in [0.15, 0.2) is 0 Å². The first-order valence-corrected chi connectivity index (χ1v) is 15.1. The van der Waals surface area contributed by atoms with Gasteiger partial charge in [-0.05, 0) is 75.0 Å². The van der Waals surface area contributed by atoms with Crippen LogP contribution in [-0.2, 0) is 14.8 Å². The summed E-state index contributed by atoms with van der Waals surface area (Å²) < 4.78 is 32.5. The van der Waals surface area contributed by atoms with Crippen molar-refractivity contribution in [2.75, 3.05) is 43.4 Å². The molecule has 1 aromatic heterocycles. The normalized spacial score (nSPS) is 26.2. The molecule has 0 amide bonds. The monoisotopic (exact) mass is 512 g/mol. The Morgan fingerprint density at radius 3 is 2.32 bits per heavy atom. The number of ether oxygens (including phenoxy) is 1. The Morgan fingerprint density at radius 2 is 1.74 bits per heavy atom. The number of rotatable bonds is 10. The predicted molar refractivity (Wildman–Crippen MR) is 137 cm³/mol. The molecule has 0 N–H and O–H groups in total. The molecule has 34 heavy (non-hydrogen) atoms. The van der Waals surface area contributed by atoms with E-state index in [9.17, 15) is 8.42 Å². The first kappa shape index (κ1) is 26.1. The zero-order chi connectivity index (χ0) is 24.3. The van der Waals surface area contributed by atoms with Gasteiger partial charge in [0, 0.05) is 32.8 Å². The standard InChI is InChI=1S/C25H41ClN4O3S/c1-4-34(31,32)30-12-7-20(8-13-30)24(18(2)3)33-14-9-21-15-23(21)19-5-10-29(11-6-19)25-27-16-22(26)17-28-25/h16-21,23-24H,4-15H2,1-3H3/t21?,23-,24?/m1/s1. The van der Waals surface area contributed by atoms with Crippen LogP contribution in [0.2, 0.25) is 5.02 Å². The van der Waals surface area contributed by atoms with E-state index in [4.69, 9.17) is 16.3 Å². The van der Waals surface area contributed by atoms with Gasteiger partial charge in [-0.3, -0.25) is 0 Å². The van der Waals surface area contributed by atoms with Crippen molar-refractivity contribution in [1.82, 2.24) is 14.3 Å². The summed E-state index contributed by atoms with van der Waals surface area (Å²) in [4.78, 5) is 11.0. The highest BCUT2D eigenvalue weighted by Gasteiger charge is 2.43. The lowest BCUT2D eigenvalue weighted by atomic mass is 9.86. The molecule has 2 unspecified atom stereocenters. The van der Waals surface area contributed by atoms with E-state index >= 15 is 0 Å². The topological polar surface area (TPSA) is 75.6 Å². The summed E-state index contributed by atoms with van der Waals surface area (Å²) in [6.45, 7) is 10.3. The van der Waals surface area contributed by atoms with Crippen molar-refractivity contribution < 1.29 is 13.2 Å². The fourth-order valence-electron chi connectivity index (χ4n) is 6.07. The molecule has 2 aliphatic heterocycles. The van der Waals surface area contributed by atoms with Crippen LogP contribution < -0.4 is 4.90 Å². The molecule has 3 atom stereocenters. The van der Waals surface area contributed by atoms with Crippen LogP contribution in [0, 0.1) is 29.6 Å². The van der Waals surface area contributed by atoms with E-state index in [-0.39, 0.29) is 11.9 Å². The minimum Gasteiger partial charge on any atom is -0.378 e. The Labute approximate surface area is 210 Å². The molecule has 3 aliphatic rings. The maximum atomic E-state index is 12.2. The molecule has 192 valence electrons. The second-order valence-corrected chi connectivity index (χ2v) is 13.4. The summed E-state index contributed by atoms with van der Waals surface area (Å²) in [6, 6.07) is 0. The summed E-state index contributed by atoms with van der Waals surface area (Å²) in [7, 11) is -3.07. The highest BCUT2D eigenvalue weighted by molar-refractivity contribution is 7.89. The van der Waals surface area contributed by atoms with Crippen molar-refractivity contribution in [3.8, 4) is 0 Å². The average Bonchev–Trinajstić information content (AvgIpc) is 3.62. The summed E-state index contributed by atoms with van der Waals surface area (Å²) in [5.41, 5.74) is 0. The van der Waals surface area contributed by atoms with Gasteiger partial charge in [0.05, 0.1) is 29.3 Å². The van der Waals surface area contributed by atoms with Gasteiger partial charge in [-0.1, -0.05) is 25.4 Å². The Hall–Kier alpha value is -0.960. The van der Waals surface area contributed by atoms with Crippen LogP contribution in [0.3, 0.4) is 0 Å². The first-order valence-electron chi connectivity index (χ1n) is 13.1. The number of nitrogens with zero attached hydrogens (tertiary/aromatic N) is 4. The Morgan fingerprint density at radius 1 is 1.09 bits per heavy atom. The maximum absolute atomic E-state index is 12.2. The number of anilines is 1. The molecule has 0 bridgehead atoms. The van der Waals surface area contributed by atoms with Gasteiger partial charge in [0.2, 0.25) is 16.0 Å². The van der Waals surface area contributed by atoms with E-state index in [1.165, 1.54) is 19.3 Å². The third-order valence-corrected chi connectivity index (χ3v) is 10.3. The summed E-state index contributed by atoms with van der Waals surface area (Å²) in [5.74, 6) is 4.34. The van der Waals surface area contributed by atoms with Crippen molar-refractivity contribution in [2.24, 2.45) is 29.6 Å².